The second kappa shape index (κ2) is 4.07. The summed E-state index contributed by atoms with van der Waals surface area (Å²) in [4.78, 5) is 40.9. The van der Waals surface area contributed by atoms with Crippen molar-refractivity contribution >= 4 is 18.0 Å². The quantitative estimate of drug-likeness (QED) is 0.414. The van der Waals surface area contributed by atoms with Crippen LogP contribution in [0.2, 0.25) is 0 Å². The standard InChI is InChI=1S/C14H17NO5/c1-14(2,3)19-13(18)20-15-11(16)9-7-4-5-8(6-7)10(9)12(15)17/h4-5,7-10H,6H2,1-3H3/t7-,8+,9-,10+. The van der Waals surface area contributed by atoms with E-state index in [4.69, 9.17) is 9.57 Å². The summed E-state index contributed by atoms with van der Waals surface area (Å²) in [5, 5.41) is 0.593. The Balaban J connectivity index is 1.72. The molecule has 1 saturated heterocycles. The maximum atomic E-state index is 12.2. The van der Waals surface area contributed by atoms with Gasteiger partial charge in [0.15, 0.2) is 0 Å². The van der Waals surface area contributed by atoms with Crippen molar-refractivity contribution in [3.05, 3.63) is 12.2 Å². The number of hydrogen-bond acceptors (Lipinski definition) is 5. The molecule has 3 aliphatic rings. The van der Waals surface area contributed by atoms with Gasteiger partial charge in [-0.15, -0.1) is 0 Å². The highest BCUT2D eigenvalue weighted by Crippen LogP contribution is 2.52. The third-order valence-corrected chi connectivity index (χ3v) is 3.99. The molecule has 1 aliphatic heterocycles. The number of ether oxygens (including phenoxy) is 1. The molecule has 3 rings (SSSR count). The molecule has 2 amide bonds. The van der Waals surface area contributed by atoms with Gasteiger partial charge in [0.1, 0.15) is 5.60 Å². The third-order valence-electron chi connectivity index (χ3n) is 3.99. The zero-order chi connectivity index (χ0) is 14.7. The number of imide groups is 1. The summed E-state index contributed by atoms with van der Waals surface area (Å²) in [6, 6.07) is 0. The lowest BCUT2D eigenvalue weighted by Gasteiger charge is -2.21. The lowest BCUT2D eigenvalue weighted by molar-refractivity contribution is -0.183. The predicted octanol–water partition coefficient (Wildman–Crippen LogP) is 1.66. The molecule has 0 aromatic heterocycles. The first-order valence-corrected chi connectivity index (χ1v) is 6.75. The lowest BCUT2D eigenvalue weighted by Crippen LogP contribution is -2.37. The molecule has 108 valence electrons. The van der Waals surface area contributed by atoms with E-state index in [0.29, 0.717) is 5.06 Å². The van der Waals surface area contributed by atoms with Crippen LogP contribution < -0.4 is 0 Å². The second-order valence-electron chi connectivity index (χ2n) is 6.53. The number of amides is 2. The van der Waals surface area contributed by atoms with Gasteiger partial charge in [-0.3, -0.25) is 14.4 Å². The normalized spacial score (nSPS) is 34.6. The van der Waals surface area contributed by atoms with Crippen LogP contribution in [0.25, 0.3) is 0 Å². The molecule has 0 radical (unpaired) electrons. The smallest absolute Gasteiger partial charge is 0.427 e. The number of rotatable bonds is 1. The van der Waals surface area contributed by atoms with Gasteiger partial charge in [-0.05, 0) is 39.0 Å². The summed E-state index contributed by atoms with van der Waals surface area (Å²) in [7, 11) is 0. The van der Waals surface area contributed by atoms with Gasteiger partial charge in [0.2, 0.25) is 0 Å². The largest absolute Gasteiger partial charge is 0.534 e. The number of hydroxylamine groups is 2. The van der Waals surface area contributed by atoms with Gasteiger partial charge >= 0.3 is 6.16 Å². The molecule has 0 N–H and O–H groups in total. The Morgan fingerprint density at radius 1 is 1.15 bits per heavy atom. The minimum atomic E-state index is -1.03. The van der Waals surface area contributed by atoms with Crippen molar-refractivity contribution in [1.29, 1.82) is 0 Å². The van der Waals surface area contributed by atoms with Gasteiger partial charge in [-0.1, -0.05) is 17.2 Å². The lowest BCUT2D eigenvalue weighted by atomic mass is 9.85. The van der Waals surface area contributed by atoms with Crippen LogP contribution in [-0.4, -0.2) is 28.6 Å². The summed E-state index contributed by atoms with van der Waals surface area (Å²) in [6.07, 6.45) is 3.77. The predicted molar refractivity (Wildman–Crippen MR) is 66.9 cm³/mol. The minimum absolute atomic E-state index is 0.0914. The van der Waals surface area contributed by atoms with Crippen LogP contribution >= 0.6 is 0 Å². The van der Waals surface area contributed by atoms with E-state index in [1.807, 2.05) is 12.2 Å². The maximum absolute atomic E-state index is 12.2. The molecule has 1 saturated carbocycles. The van der Waals surface area contributed by atoms with Crippen molar-refractivity contribution < 1.29 is 24.0 Å². The fourth-order valence-electron chi connectivity index (χ4n) is 3.31. The first-order valence-electron chi connectivity index (χ1n) is 6.75. The van der Waals surface area contributed by atoms with Crippen LogP contribution in [0.3, 0.4) is 0 Å². The summed E-state index contributed by atoms with van der Waals surface area (Å²) < 4.78 is 4.96. The molecular formula is C14H17NO5. The van der Waals surface area contributed by atoms with Crippen LogP contribution in [0, 0.1) is 23.7 Å². The molecule has 0 spiro atoms. The fraction of sp³-hybridized carbons (Fsp3) is 0.643. The van der Waals surface area contributed by atoms with Gasteiger partial charge < -0.3 is 4.74 Å². The average molecular weight is 279 g/mol. The van der Waals surface area contributed by atoms with Gasteiger partial charge in [0, 0.05) is 0 Å². The SMILES string of the molecule is CC(C)(C)OC(=O)ON1C(=O)[C@@H]2[C@H](C1=O)[C@@H]1C=C[C@H]2C1. The number of carbonyl (C=O) groups excluding carboxylic acids is 3. The van der Waals surface area contributed by atoms with E-state index in [1.54, 1.807) is 20.8 Å². The number of fused-ring (bicyclic) bond motifs is 5. The molecule has 4 atom stereocenters. The first kappa shape index (κ1) is 13.1. The van der Waals surface area contributed by atoms with Gasteiger partial charge in [-0.2, -0.15) is 0 Å². The molecule has 2 bridgehead atoms. The summed E-state index contributed by atoms with van der Waals surface area (Å²) in [5.41, 5.74) is -0.737. The van der Waals surface area contributed by atoms with Crippen molar-refractivity contribution in [2.75, 3.05) is 0 Å². The number of allylic oxidation sites excluding steroid dienone is 2. The van der Waals surface area contributed by atoms with Crippen LogP contribution in [0.5, 0.6) is 0 Å². The maximum Gasteiger partial charge on any atom is 0.534 e. The molecule has 20 heavy (non-hydrogen) atoms. The van der Waals surface area contributed by atoms with E-state index in [0.717, 1.165) is 6.42 Å². The molecule has 6 nitrogen and oxygen atoms in total. The topological polar surface area (TPSA) is 72.9 Å². The molecule has 0 aromatic carbocycles. The highest BCUT2D eigenvalue weighted by atomic mass is 16.8. The molecule has 1 heterocycles. The van der Waals surface area contributed by atoms with Crippen molar-refractivity contribution in [3.8, 4) is 0 Å². The highest BCUT2D eigenvalue weighted by molar-refractivity contribution is 6.05. The van der Waals surface area contributed by atoms with Gasteiger partial charge in [0.05, 0.1) is 11.8 Å². The van der Waals surface area contributed by atoms with Crippen molar-refractivity contribution in [2.24, 2.45) is 23.7 Å². The number of carbonyl (C=O) groups is 3. The highest BCUT2D eigenvalue weighted by Gasteiger charge is 2.61. The van der Waals surface area contributed by atoms with E-state index in [-0.39, 0.29) is 23.7 Å². The Bertz CT molecular complexity index is 488. The van der Waals surface area contributed by atoms with Gasteiger partial charge in [0.25, 0.3) is 11.8 Å². The minimum Gasteiger partial charge on any atom is -0.427 e. The second-order valence-corrected chi connectivity index (χ2v) is 6.53. The van der Waals surface area contributed by atoms with E-state index in [1.165, 1.54) is 0 Å². The molecule has 0 unspecified atom stereocenters. The number of hydrogen-bond donors (Lipinski definition) is 0. The Morgan fingerprint density at radius 2 is 1.65 bits per heavy atom. The van der Waals surface area contributed by atoms with Crippen molar-refractivity contribution in [1.82, 2.24) is 5.06 Å². The average Bonchev–Trinajstić information content (AvgIpc) is 2.96. The Hall–Kier alpha value is -1.85. The summed E-state index contributed by atoms with van der Waals surface area (Å²) in [6.45, 7) is 5.04. The molecule has 0 aromatic rings. The summed E-state index contributed by atoms with van der Waals surface area (Å²) in [5.74, 6) is -1.42. The van der Waals surface area contributed by atoms with Crippen LogP contribution in [0.4, 0.5) is 4.79 Å². The number of nitrogens with zero attached hydrogens (tertiary/aromatic N) is 1. The monoisotopic (exact) mass is 279 g/mol. The molecule has 2 aliphatic carbocycles. The third kappa shape index (κ3) is 1.90. The van der Waals surface area contributed by atoms with Crippen molar-refractivity contribution in [3.63, 3.8) is 0 Å². The van der Waals surface area contributed by atoms with E-state index in [9.17, 15) is 14.4 Å². The van der Waals surface area contributed by atoms with Gasteiger partial charge in [-0.25, -0.2) is 4.79 Å². The molecule has 2 fully saturated rings. The van der Waals surface area contributed by atoms with Crippen LogP contribution in [0.1, 0.15) is 27.2 Å². The van der Waals surface area contributed by atoms with Crippen molar-refractivity contribution in [2.45, 2.75) is 32.8 Å². The van der Waals surface area contributed by atoms with E-state index >= 15 is 0 Å². The Morgan fingerprint density at radius 3 is 2.10 bits per heavy atom. The zero-order valence-electron chi connectivity index (χ0n) is 11.7. The fourth-order valence-corrected chi connectivity index (χ4v) is 3.31. The summed E-state index contributed by atoms with van der Waals surface area (Å²) >= 11 is 0. The molecule has 6 heteroatoms. The van der Waals surface area contributed by atoms with E-state index < -0.39 is 23.6 Å². The van der Waals surface area contributed by atoms with E-state index in [2.05, 4.69) is 0 Å². The molecular weight excluding hydrogens is 262 g/mol. The Labute approximate surface area is 116 Å². The van der Waals surface area contributed by atoms with Crippen LogP contribution in [-0.2, 0) is 19.2 Å². The first-order chi connectivity index (χ1) is 9.28. The Kier molecular flexibility index (Phi) is 2.68. The zero-order valence-corrected chi connectivity index (χ0v) is 11.7. The van der Waals surface area contributed by atoms with Crippen LogP contribution in [0.15, 0.2) is 12.2 Å².